The molecule has 1 aromatic carbocycles. The number of halogens is 1. The Hall–Kier alpha value is -0.650. The summed E-state index contributed by atoms with van der Waals surface area (Å²) in [6, 6.07) is 10.00. The fourth-order valence-corrected chi connectivity index (χ4v) is 3.70. The quantitative estimate of drug-likeness (QED) is 0.857. The van der Waals surface area contributed by atoms with Crippen molar-refractivity contribution in [2.75, 3.05) is 52.4 Å². The molecule has 130 valence electrons. The van der Waals surface area contributed by atoms with Crippen LogP contribution in [0.5, 0.6) is 0 Å². The van der Waals surface area contributed by atoms with Crippen LogP contribution in [0.4, 0.5) is 0 Å². The highest BCUT2D eigenvalue weighted by Gasteiger charge is 2.31. The SMILES string of the molecule is CC1(CN2CCN(CC(O)c3ccccc3)CC2)CCNC1.Cl. The molecule has 2 aliphatic rings. The van der Waals surface area contributed by atoms with Gasteiger partial charge in [-0.05, 0) is 23.9 Å². The van der Waals surface area contributed by atoms with Gasteiger partial charge in [0.15, 0.2) is 0 Å². The highest BCUT2D eigenvalue weighted by atomic mass is 35.5. The summed E-state index contributed by atoms with van der Waals surface area (Å²) in [7, 11) is 0. The van der Waals surface area contributed by atoms with Crippen LogP contribution in [0.1, 0.15) is 25.0 Å². The molecule has 23 heavy (non-hydrogen) atoms. The summed E-state index contributed by atoms with van der Waals surface area (Å²) >= 11 is 0. The van der Waals surface area contributed by atoms with Crippen molar-refractivity contribution < 1.29 is 5.11 Å². The van der Waals surface area contributed by atoms with Crippen LogP contribution in [0.15, 0.2) is 30.3 Å². The Balaban J connectivity index is 0.00000192. The lowest BCUT2D eigenvalue weighted by Crippen LogP contribution is -2.50. The molecule has 0 saturated carbocycles. The van der Waals surface area contributed by atoms with E-state index in [4.69, 9.17) is 0 Å². The number of nitrogens with one attached hydrogen (secondary N) is 1. The Bertz CT molecular complexity index is 457. The smallest absolute Gasteiger partial charge is 0.0916 e. The first kappa shape index (κ1) is 18.7. The highest BCUT2D eigenvalue weighted by molar-refractivity contribution is 5.85. The van der Waals surface area contributed by atoms with Crippen molar-refractivity contribution in [1.29, 1.82) is 0 Å². The Morgan fingerprint density at radius 2 is 1.78 bits per heavy atom. The van der Waals surface area contributed by atoms with Crippen molar-refractivity contribution >= 4 is 12.4 Å². The van der Waals surface area contributed by atoms with Crippen molar-refractivity contribution in [2.24, 2.45) is 5.41 Å². The lowest BCUT2D eigenvalue weighted by atomic mass is 9.89. The van der Waals surface area contributed by atoms with Crippen molar-refractivity contribution in [3.63, 3.8) is 0 Å². The Morgan fingerprint density at radius 3 is 2.39 bits per heavy atom. The van der Waals surface area contributed by atoms with E-state index in [0.717, 1.165) is 44.8 Å². The van der Waals surface area contributed by atoms with E-state index in [-0.39, 0.29) is 18.5 Å². The van der Waals surface area contributed by atoms with Crippen molar-refractivity contribution in [1.82, 2.24) is 15.1 Å². The summed E-state index contributed by atoms with van der Waals surface area (Å²) < 4.78 is 0. The topological polar surface area (TPSA) is 38.7 Å². The second-order valence-electron chi connectivity index (χ2n) is 7.24. The predicted molar refractivity (Wildman–Crippen MR) is 97.1 cm³/mol. The number of benzene rings is 1. The van der Waals surface area contributed by atoms with E-state index in [0.29, 0.717) is 5.41 Å². The third-order valence-corrected chi connectivity index (χ3v) is 5.14. The van der Waals surface area contributed by atoms with Crippen molar-refractivity contribution in [2.45, 2.75) is 19.4 Å². The largest absolute Gasteiger partial charge is 0.387 e. The normalized spacial score (nSPS) is 27.6. The van der Waals surface area contributed by atoms with Gasteiger partial charge in [-0.3, -0.25) is 4.90 Å². The van der Waals surface area contributed by atoms with Crippen LogP contribution in [0.2, 0.25) is 0 Å². The summed E-state index contributed by atoms with van der Waals surface area (Å²) in [6.45, 7) is 11.0. The second kappa shape index (κ2) is 8.45. The molecular formula is C18H30ClN3O. The number of hydrogen-bond acceptors (Lipinski definition) is 4. The lowest BCUT2D eigenvalue weighted by Gasteiger charge is -2.39. The molecule has 2 fully saturated rings. The number of piperazine rings is 1. The number of aliphatic hydroxyl groups is 1. The number of β-amino-alcohol motifs (C(OH)–C–C–N with tert-alkyl or cyclic N) is 1. The van der Waals surface area contributed by atoms with E-state index in [2.05, 4.69) is 22.0 Å². The zero-order valence-electron chi connectivity index (χ0n) is 14.1. The van der Waals surface area contributed by atoms with E-state index in [1.165, 1.54) is 19.5 Å². The maximum absolute atomic E-state index is 10.3. The maximum Gasteiger partial charge on any atom is 0.0916 e. The number of aliphatic hydroxyl groups excluding tert-OH is 1. The summed E-state index contributed by atoms with van der Waals surface area (Å²) in [5.41, 5.74) is 1.47. The third kappa shape index (κ3) is 5.16. The van der Waals surface area contributed by atoms with Crippen LogP contribution in [0, 0.1) is 5.41 Å². The van der Waals surface area contributed by atoms with Crippen LogP contribution in [-0.4, -0.2) is 67.3 Å². The minimum Gasteiger partial charge on any atom is -0.387 e. The molecule has 2 saturated heterocycles. The van der Waals surface area contributed by atoms with Gasteiger partial charge in [0.25, 0.3) is 0 Å². The fraction of sp³-hybridized carbons (Fsp3) is 0.667. The molecule has 4 nitrogen and oxygen atoms in total. The average molecular weight is 340 g/mol. The van der Waals surface area contributed by atoms with Gasteiger partial charge in [0, 0.05) is 45.8 Å². The second-order valence-corrected chi connectivity index (χ2v) is 7.24. The number of rotatable bonds is 5. The highest BCUT2D eigenvalue weighted by Crippen LogP contribution is 2.26. The van der Waals surface area contributed by atoms with Gasteiger partial charge < -0.3 is 15.3 Å². The molecule has 2 aliphatic heterocycles. The predicted octanol–water partition coefficient (Wildman–Crippen LogP) is 1.76. The Labute approximate surface area is 146 Å². The zero-order valence-corrected chi connectivity index (χ0v) is 14.9. The summed E-state index contributed by atoms with van der Waals surface area (Å²) in [4.78, 5) is 4.99. The van der Waals surface area contributed by atoms with E-state index in [1.54, 1.807) is 0 Å². The Morgan fingerprint density at radius 1 is 1.13 bits per heavy atom. The molecule has 3 rings (SSSR count). The average Bonchev–Trinajstić information content (AvgIpc) is 2.96. The van der Waals surface area contributed by atoms with Crippen LogP contribution in [0.3, 0.4) is 0 Å². The molecule has 0 bridgehead atoms. The van der Waals surface area contributed by atoms with Gasteiger partial charge in [0.1, 0.15) is 0 Å². The van der Waals surface area contributed by atoms with Gasteiger partial charge in [0.2, 0.25) is 0 Å². The van der Waals surface area contributed by atoms with E-state index < -0.39 is 0 Å². The van der Waals surface area contributed by atoms with Crippen LogP contribution in [0.25, 0.3) is 0 Å². The molecule has 2 atom stereocenters. The van der Waals surface area contributed by atoms with Gasteiger partial charge in [-0.2, -0.15) is 0 Å². The van der Waals surface area contributed by atoms with Crippen LogP contribution < -0.4 is 5.32 Å². The first-order chi connectivity index (χ1) is 10.6. The minimum absolute atomic E-state index is 0. The van der Waals surface area contributed by atoms with Gasteiger partial charge in [-0.15, -0.1) is 12.4 Å². The van der Waals surface area contributed by atoms with E-state index in [1.807, 2.05) is 30.3 Å². The van der Waals surface area contributed by atoms with E-state index in [9.17, 15) is 5.11 Å². The molecule has 0 radical (unpaired) electrons. The first-order valence-electron chi connectivity index (χ1n) is 8.53. The number of hydrogen-bond donors (Lipinski definition) is 2. The number of nitrogens with zero attached hydrogens (tertiary/aromatic N) is 2. The standard InChI is InChI=1S/C18H29N3O.ClH/c1-18(7-8-19-14-18)15-21-11-9-20(10-12-21)13-17(22)16-5-3-2-4-6-16;/h2-6,17,19,22H,7-15H2,1H3;1H. The molecule has 5 heteroatoms. The molecule has 0 aromatic heterocycles. The third-order valence-electron chi connectivity index (χ3n) is 5.14. The summed E-state index contributed by atoms with van der Waals surface area (Å²) in [6.07, 6.45) is 0.921. The van der Waals surface area contributed by atoms with Gasteiger partial charge >= 0.3 is 0 Å². The molecule has 1 aromatic rings. The van der Waals surface area contributed by atoms with Crippen LogP contribution in [-0.2, 0) is 0 Å². The molecule has 0 amide bonds. The zero-order chi connectivity index (χ0) is 15.4. The van der Waals surface area contributed by atoms with Crippen molar-refractivity contribution in [3.8, 4) is 0 Å². The van der Waals surface area contributed by atoms with Crippen LogP contribution >= 0.6 is 12.4 Å². The molecule has 2 N–H and O–H groups in total. The fourth-order valence-electron chi connectivity index (χ4n) is 3.70. The summed E-state index contributed by atoms with van der Waals surface area (Å²) in [5, 5.41) is 13.8. The molecular weight excluding hydrogens is 310 g/mol. The molecule has 2 heterocycles. The summed E-state index contributed by atoms with van der Waals surface area (Å²) in [5.74, 6) is 0. The molecule has 0 aliphatic carbocycles. The monoisotopic (exact) mass is 339 g/mol. The van der Waals surface area contributed by atoms with Gasteiger partial charge in [-0.1, -0.05) is 37.3 Å². The lowest BCUT2D eigenvalue weighted by molar-refractivity contribution is 0.0584. The van der Waals surface area contributed by atoms with E-state index >= 15 is 0 Å². The first-order valence-corrected chi connectivity index (χ1v) is 8.53. The van der Waals surface area contributed by atoms with Gasteiger partial charge in [-0.25, -0.2) is 0 Å². The van der Waals surface area contributed by atoms with Crippen molar-refractivity contribution in [3.05, 3.63) is 35.9 Å². The Kier molecular flexibility index (Phi) is 6.86. The molecule has 2 unspecified atom stereocenters. The maximum atomic E-state index is 10.3. The molecule has 0 spiro atoms. The van der Waals surface area contributed by atoms with Gasteiger partial charge in [0.05, 0.1) is 6.10 Å². The minimum atomic E-state index is -0.371.